The van der Waals surface area contributed by atoms with Crippen LogP contribution >= 0.6 is 34.5 Å². The Kier molecular flexibility index (Phi) is 7.09. The zero-order valence-corrected chi connectivity index (χ0v) is 18.8. The van der Waals surface area contributed by atoms with E-state index in [2.05, 4.69) is 5.32 Å². The highest BCUT2D eigenvalue weighted by molar-refractivity contribution is 7.17. The summed E-state index contributed by atoms with van der Waals surface area (Å²) in [4.78, 5) is 26.7. The predicted molar refractivity (Wildman–Crippen MR) is 117 cm³/mol. The number of benzene rings is 1. The van der Waals surface area contributed by atoms with E-state index >= 15 is 0 Å². The van der Waals surface area contributed by atoms with Gasteiger partial charge in [0.2, 0.25) is 0 Å². The number of carbonyl (C=O) groups is 2. The third-order valence-corrected chi connectivity index (χ3v) is 6.29. The number of hydrogen-bond donors (Lipinski definition) is 1. The summed E-state index contributed by atoms with van der Waals surface area (Å²) in [7, 11) is 0. The Bertz CT molecular complexity index is 926. The van der Waals surface area contributed by atoms with Crippen LogP contribution in [0.4, 0.5) is 5.00 Å². The number of hydrogen-bond acceptors (Lipinski definition) is 5. The molecule has 1 amide bonds. The van der Waals surface area contributed by atoms with Crippen LogP contribution in [0.25, 0.3) is 0 Å². The number of rotatable bonds is 7. The molecule has 0 bridgehead atoms. The van der Waals surface area contributed by atoms with Crippen LogP contribution in [-0.4, -0.2) is 24.1 Å². The Morgan fingerprint density at radius 1 is 1.24 bits per heavy atom. The normalized spacial score (nSPS) is 13.9. The minimum atomic E-state index is -0.781. The van der Waals surface area contributed by atoms with E-state index in [1.807, 2.05) is 6.92 Å². The van der Waals surface area contributed by atoms with Crippen LogP contribution in [0.2, 0.25) is 10.0 Å². The SMILES string of the molecule is CC[C@H](Oc1cc(Cl)ccc1Cl)C(=O)Nc1sc2c(c1C(=O)OC(C)C)CCC2. The lowest BCUT2D eigenvalue weighted by Crippen LogP contribution is -2.32. The Hall–Kier alpha value is -1.76. The van der Waals surface area contributed by atoms with Gasteiger partial charge in [0.05, 0.1) is 16.7 Å². The molecule has 1 aliphatic rings. The predicted octanol–water partition coefficient (Wildman–Crippen LogP) is 5.90. The van der Waals surface area contributed by atoms with Crippen LogP contribution < -0.4 is 10.1 Å². The molecule has 1 N–H and O–H groups in total. The Morgan fingerprint density at radius 2 is 2.00 bits per heavy atom. The van der Waals surface area contributed by atoms with E-state index in [0.717, 1.165) is 29.7 Å². The topological polar surface area (TPSA) is 64.6 Å². The molecule has 1 heterocycles. The number of thiophene rings is 1. The molecule has 1 aromatic heterocycles. The van der Waals surface area contributed by atoms with Crippen molar-refractivity contribution in [3.05, 3.63) is 44.2 Å². The number of halogens is 2. The number of esters is 1. The summed E-state index contributed by atoms with van der Waals surface area (Å²) in [5.41, 5.74) is 1.46. The minimum Gasteiger partial charge on any atom is -0.479 e. The second-order valence-electron chi connectivity index (χ2n) is 7.09. The molecule has 0 unspecified atom stereocenters. The van der Waals surface area contributed by atoms with Crippen LogP contribution in [0.3, 0.4) is 0 Å². The van der Waals surface area contributed by atoms with Gasteiger partial charge in [0.25, 0.3) is 5.91 Å². The Labute approximate surface area is 184 Å². The van der Waals surface area contributed by atoms with Crippen LogP contribution in [0.5, 0.6) is 5.75 Å². The van der Waals surface area contributed by atoms with E-state index in [-0.39, 0.29) is 12.0 Å². The van der Waals surface area contributed by atoms with Gasteiger partial charge in [-0.25, -0.2) is 4.79 Å². The summed E-state index contributed by atoms with van der Waals surface area (Å²) in [5, 5.41) is 4.23. The Balaban J connectivity index is 1.82. The van der Waals surface area contributed by atoms with Gasteiger partial charge in [-0.1, -0.05) is 30.1 Å². The molecule has 156 valence electrons. The van der Waals surface area contributed by atoms with Crippen LogP contribution in [-0.2, 0) is 22.4 Å². The average Bonchev–Trinajstić information content (AvgIpc) is 3.22. The number of carbonyl (C=O) groups excluding carboxylic acids is 2. The standard InChI is InChI=1S/C21H23Cl2NO4S/c1-4-15(28-16-10-12(22)8-9-14(16)23)19(25)24-20-18(21(26)27-11(2)3)13-6-5-7-17(13)29-20/h8-11,15H,4-7H2,1-3H3,(H,24,25)/t15-/m0/s1. The molecule has 0 saturated heterocycles. The van der Waals surface area contributed by atoms with Crippen LogP contribution in [0.15, 0.2) is 18.2 Å². The van der Waals surface area contributed by atoms with Crippen molar-refractivity contribution in [1.29, 1.82) is 0 Å². The van der Waals surface area contributed by atoms with Gasteiger partial charge in [-0.15, -0.1) is 11.3 Å². The van der Waals surface area contributed by atoms with Crippen LogP contribution in [0, 0.1) is 0 Å². The maximum atomic E-state index is 12.9. The maximum absolute atomic E-state index is 12.9. The van der Waals surface area contributed by atoms with Gasteiger partial charge in [0.15, 0.2) is 6.10 Å². The van der Waals surface area contributed by atoms with Crippen molar-refractivity contribution >= 4 is 51.4 Å². The molecule has 5 nitrogen and oxygen atoms in total. The molecule has 8 heteroatoms. The van der Waals surface area contributed by atoms with Crippen molar-refractivity contribution in [2.45, 2.75) is 58.7 Å². The van der Waals surface area contributed by atoms with Gasteiger partial charge in [0.1, 0.15) is 10.8 Å². The number of nitrogens with one attached hydrogen (secondary N) is 1. The molecular weight excluding hydrogens is 433 g/mol. The van der Waals surface area contributed by atoms with E-state index in [4.69, 9.17) is 32.7 Å². The number of amides is 1. The second-order valence-corrected chi connectivity index (χ2v) is 9.04. The van der Waals surface area contributed by atoms with Crippen molar-refractivity contribution in [2.75, 3.05) is 5.32 Å². The van der Waals surface area contributed by atoms with Gasteiger partial charge in [-0.05, 0) is 57.2 Å². The fourth-order valence-electron chi connectivity index (χ4n) is 3.22. The van der Waals surface area contributed by atoms with Gasteiger partial charge in [0, 0.05) is 16.0 Å². The monoisotopic (exact) mass is 455 g/mol. The molecule has 0 aliphatic heterocycles. The molecule has 29 heavy (non-hydrogen) atoms. The first-order valence-corrected chi connectivity index (χ1v) is 11.2. The number of fused-ring (bicyclic) bond motifs is 1. The smallest absolute Gasteiger partial charge is 0.341 e. The van der Waals surface area contributed by atoms with Gasteiger partial charge < -0.3 is 14.8 Å². The Morgan fingerprint density at radius 3 is 2.69 bits per heavy atom. The first-order valence-electron chi connectivity index (χ1n) is 9.58. The molecule has 1 aliphatic carbocycles. The zero-order valence-electron chi connectivity index (χ0n) is 16.5. The van der Waals surface area contributed by atoms with Crippen molar-refractivity contribution in [1.82, 2.24) is 0 Å². The van der Waals surface area contributed by atoms with Crippen molar-refractivity contribution < 1.29 is 19.1 Å². The second kappa shape index (κ2) is 9.37. The van der Waals surface area contributed by atoms with Gasteiger partial charge in [-0.2, -0.15) is 0 Å². The maximum Gasteiger partial charge on any atom is 0.341 e. The lowest BCUT2D eigenvalue weighted by Gasteiger charge is -2.18. The van der Waals surface area contributed by atoms with Crippen LogP contribution in [0.1, 0.15) is 54.4 Å². The highest BCUT2D eigenvalue weighted by Crippen LogP contribution is 2.40. The first-order chi connectivity index (χ1) is 13.8. The zero-order chi connectivity index (χ0) is 21.1. The molecule has 1 aromatic carbocycles. The van der Waals surface area contributed by atoms with E-state index in [0.29, 0.717) is 32.8 Å². The van der Waals surface area contributed by atoms with Crippen molar-refractivity contribution in [3.8, 4) is 5.75 Å². The van der Waals surface area contributed by atoms with E-state index in [1.165, 1.54) is 11.3 Å². The fraction of sp³-hybridized carbons (Fsp3) is 0.429. The lowest BCUT2D eigenvalue weighted by atomic mass is 10.1. The van der Waals surface area contributed by atoms with Gasteiger partial charge >= 0.3 is 5.97 Å². The molecule has 2 aromatic rings. The fourth-order valence-corrected chi connectivity index (χ4v) is 4.82. The van der Waals surface area contributed by atoms with E-state index in [9.17, 15) is 9.59 Å². The van der Waals surface area contributed by atoms with E-state index < -0.39 is 12.1 Å². The highest BCUT2D eigenvalue weighted by atomic mass is 35.5. The molecule has 1 atom stereocenters. The van der Waals surface area contributed by atoms with Crippen molar-refractivity contribution in [3.63, 3.8) is 0 Å². The number of ether oxygens (including phenoxy) is 2. The molecule has 3 rings (SSSR count). The third-order valence-electron chi connectivity index (χ3n) is 4.53. The molecule has 0 spiro atoms. The summed E-state index contributed by atoms with van der Waals surface area (Å²) < 4.78 is 11.2. The summed E-state index contributed by atoms with van der Waals surface area (Å²) in [6, 6.07) is 4.84. The highest BCUT2D eigenvalue weighted by Gasteiger charge is 2.30. The summed E-state index contributed by atoms with van der Waals surface area (Å²) in [6.07, 6.45) is 2.13. The molecular formula is C21H23Cl2NO4S. The number of anilines is 1. The number of aryl methyl sites for hydroxylation is 1. The van der Waals surface area contributed by atoms with Crippen molar-refractivity contribution in [2.24, 2.45) is 0 Å². The molecule has 0 radical (unpaired) electrons. The average molecular weight is 456 g/mol. The summed E-state index contributed by atoms with van der Waals surface area (Å²) in [5.74, 6) is -0.405. The lowest BCUT2D eigenvalue weighted by molar-refractivity contribution is -0.122. The molecule has 0 saturated carbocycles. The quantitative estimate of drug-likeness (QED) is 0.527. The summed E-state index contributed by atoms with van der Waals surface area (Å²) >= 11 is 13.6. The largest absolute Gasteiger partial charge is 0.479 e. The molecule has 0 fully saturated rings. The minimum absolute atomic E-state index is 0.236. The van der Waals surface area contributed by atoms with E-state index in [1.54, 1.807) is 32.0 Å². The van der Waals surface area contributed by atoms with Gasteiger partial charge in [-0.3, -0.25) is 4.79 Å². The third kappa shape index (κ3) is 5.05. The first kappa shape index (κ1) is 21.9. The summed E-state index contributed by atoms with van der Waals surface area (Å²) in [6.45, 7) is 5.45.